The lowest BCUT2D eigenvalue weighted by atomic mass is 9.93. The lowest BCUT2D eigenvalue weighted by Gasteiger charge is -2.26. The maximum atomic E-state index is 12.4. The van der Waals surface area contributed by atoms with Gasteiger partial charge in [0.25, 0.3) is 5.91 Å². The molecule has 1 amide bonds. The molecule has 1 aliphatic rings. The van der Waals surface area contributed by atoms with Crippen LogP contribution in [0.2, 0.25) is 0 Å². The summed E-state index contributed by atoms with van der Waals surface area (Å²) in [6.07, 6.45) is 6.67. The molecule has 0 radical (unpaired) electrons. The first-order valence-corrected chi connectivity index (χ1v) is 8.72. The number of pyridine rings is 1. The third kappa shape index (κ3) is 3.28. The Balaban J connectivity index is 1.50. The molecule has 5 heteroatoms. The van der Waals surface area contributed by atoms with Crippen molar-refractivity contribution in [3.05, 3.63) is 54.4 Å². The van der Waals surface area contributed by atoms with E-state index >= 15 is 0 Å². The van der Waals surface area contributed by atoms with Crippen LogP contribution in [0.4, 0.5) is 0 Å². The highest BCUT2D eigenvalue weighted by molar-refractivity contribution is 5.96. The molecule has 3 aromatic rings. The zero-order valence-electron chi connectivity index (χ0n) is 13.9. The van der Waals surface area contributed by atoms with Gasteiger partial charge in [0.2, 0.25) is 0 Å². The minimum Gasteiger partial charge on any atom is -0.393 e. The molecule has 0 unspecified atom stereocenters. The molecule has 0 bridgehead atoms. The van der Waals surface area contributed by atoms with Gasteiger partial charge in [0.1, 0.15) is 0 Å². The minimum atomic E-state index is -0.212. The number of hydrogen-bond acceptors (Lipinski definition) is 3. The van der Waals surface area contributed by atoms with E-state index in [0.717, 1.165) is 47.8 Å². The van der Waals surface area contributed by atoms with Crippen molar-refractivity contribution in [1.29, 1.82) is 0 Å². The van der Waals surface area contributed by atoms with E-state index in [2.05, 4.69) is 15.3 Å². The second kappa shape index (κ2) is 6.69. The number of rotatable bonds is 3. The molecule has 3 N–H and O–H groups in total. The number of benzene rings is 1. The van der Waals surface area contributed by atoms with Crippen molar-refractivity contribution < 1.29 is 9.90 Å². The number of carbonyl (C=O) groups is 1. The highest BCUT2D eigenvalue weighted by Crippen LogP contribution is 2.26. The molecule has 1 aromatic carbocycles. The van der Waals surface area contributed by atoms with E-state index in [-0.39, 0.29) is 18.1 Å². The molecule has 0 saturated heterocycles. The fourth-order valence-corrected chi connectivity index (χ4v) is 3.48. The summed E-state index contributed by atoms with van der Waals surface area (Å²) >= 11 is 0. The fraction of sp³-hybridized carbons (Fsp3) is 0.300. The van der Waals surface area contributed by atoms with Crippen LogP contribution in [-0.2, 0) is 0 Å². The number of nitrogens with one attached hydrogen (secondary N) is 2. The standard InChI is InChI=1S/C20H21N3O2/c24-16-7-5-15(6-8-16)23-20(25)14-3-1-13(2-4-14)19-17-9-11-21-18(17)10-12-22-19/h1-4,9-12,15-16,21,24H,5-8H2,(H,23,25). The Morgan fingerprint density at radius 1 is 1.08 bits per heavy atom. The molecule has 0 atom stereocenters. The van der Waals surface area contributed by atoms with E-state index in [1.165, 1.54) is 0 Å². The van der Waals surface area contributed by atoms with Gasteiger partial charge in [-0.2, -0.15) is 0 Å². The largest absolute Gasteiger partial charge is 0.393 e. The summed E-state index contributed by atoms with van der Waals surface area (Å²) in [5.41, 5.74) is 3.59. The molecule has 1 fully saturated rings. The van der Waals surface area contributed by atoms with Gasteiger partial charge in [0.05, 0.1) is 11.8 Å². The zero-order valence-corrected chi connectivity index (χ0v) is 13.9. The first-order valence-electron chi connectivity index (χ1n) is 8.72. The van der Waals surface area contributed by atoms with Crippen LogP contribution >= 0.6 is 0 Å². The second-order valence-corrected chi connectivity index (χ2v) is 6.65. The predicted molar refractivity (Wildman–Crippen MR) is 97.3 cm³/mol. The molecule has 1 saturated carbocycles. The normalized spacial score (nSPS) is 20.5. The predicted octanol–water partition coefficient (Wildman–Crippen LogP) is 3.26. The van der Waals surface area contributed by atoms with Crippen molar-refractivity contribution in [3.8, 4) is 11.3 Å². The molecule has 0 spiro atoms. The van der Waals surface area contributed by atoms with Gasteiger partial charge in [0.15, 0.2) is 0 Å². The van der Waals surface area contributed by atoms with Crippen molar-refractivity contribution in [3.63, 3.8) is 0 Å². The Labute approximate surface area is 146 Å². The first-order chi connectivity index (χ1) is 12.2. The van der Waals surface area contributed by atoms with Crippen LogP contribution in [0, 0.1) is 0 Å². The lowest BCUT2D eigenvalue weighted by Crippen LogP contribution is -2.38. The smallest absolute Gasteiger partial charge is 0.251 e. The molecular weight excluding hydrogens is 314 g/mol. The summed E-state index contributed by atoms with van der Waals surface area (Å²) in [5, 5.41) is 13.7. The number of carbonyl (C=O) groups excluding carboxylic acids is 1. The average molecular weight is 335 g/mol. The van der Waals surface area contributed by atoms with E-state index in [0.29, 0.717) is 5.56 Å². The molecule has 2 heterocycles. The molecule has 4 rings (SSSR count). The quantitative estimate of drug-likeness (QED) is 0.687. The average Bonchev–Trinajstić information content (AvgIpc) is 3.12. The first kappa shape index (κ1) is 15.8. The number of H-pyrrole nitrogens is 1. The molecule has 0 aliphatic heterocycles. The third-order valence-corrected chi connectivity index (χ3v) is 4.93. The highest BCUT2D eigenvalue weighted by Gasteiger charge is 2.21. The van der Waals surface area contributed by atoms with E-state index in [1.807, 2.05) is 42.6 Å². The Morgan fingerprint density at radius 2 is 1.84 bits per heavy atom. The second-order valence-electron chi connectivity index (χ2n) is 6.65. The van der Waals surface area contributed by atoms with Gasteiger partial charge in [-0.05, 0) is 49.9 Å². The van der Waals surface area contributed by atoms with E-state index < -0.39 is 0 Å². The summed E-state index contributed by atoms with van der Waals surface area (Å²) < 4.78 is 0. The number of aliphatic hydroxyl groups is 1. The van der Waals surface area contributed by atoms with Crippen molar-refractivity contribution >= 4 is 16.8 Å². The number of amides is 1. The van der Waals surface area contributed by atoms with Crippen LogP contribution < -0.4 is 5.32 Å². The molecule has 128 valence electrons. The van der Waals surface area contributed by atoms with Crippen LogP contribution in [0.5, 0.6) is 0 Å². The van der Waals surface area contributed by atoms with E-state index in [4.69, 9.17) is 0 Å². The van der Waals surface area contributed by atoms with E-state index in [1.54, 1.807) is 6.20 Å². The Bertz CT molecular complexity index is 877. The van der Waals surface area contributed by atoms with Gasteiger partial charge < -0.3 is 15.4 Å². The maximum absolute atomic E-state index is 12.4. The van der Waals surface area contributed by atoms with Crippen molar-refractivity contribution in [2.75, 3.05) is 0 Å². The van der Waals surface area contributed by atoms with Crippen molar-refractivity contribution in [2.24, 2.45) is 0 Å². The van der Waals surface area contributed by atoms with Gasteiger partial charge in [-0.3, -0.25) is 9.78 Å². The van der Waals surface area contributed by atoms with Crippen LogP contribution in [0.3, 0.4) is 0 Å². The number of fused-ring (bicyclic) bond motifs is 1. The SMILES string of the molecule is O=C(NC1CCC(O)CC1)c1ccc(-c2nccc3[nH]ccc23)cc1. The molecule has 5 nitrogen and oxygen atoms in total. The Hall–Kier alpha value is -2.66. The van der Waals surface area contributed by atoms with Crippen LogP contribution in [-0.4, -0.2) is 33.1 Å². The molecule has 1 aliphatic carbocycles. The van der Waals surface area contributed by atoms with Crippen molar-refractivity contribution in [1.82, 2.24) is 15.3 Å². The number of aromatic amines is 1. The topological polar surface area (TPSA) is 78.0 Å². The summed E-state index contributed by atoms with van der Waals surface area (Å²) in [7, 11) is 0. The minimum absolute atomic E-state index is 0.0549. The summed E-state index contributed by atoms with van der Waals surface area (Å²) in [4.78, 5) is 20.1. The molecule has 25 heavy (non-hydrogen) atoms. The number of aliphatic hydroxyl groups excluding tert-OH is 1. The number of hydrogen-bond donors (Lipinski definition) is 3. The summed E-state index contributed by atoms with van der Waals surface area (Å²) in [6, 6.07) is 11.7. The third-order valence-electron chi connectivity index (χ3n) is 4.93. The van der Waals surface area contributed by atoms with Gasteiger partial charge in [-0.15, -0.1) is 0 Å². The van der Waals surface area contributed by atoms with Crippen LogP contribution in [0.25, 0.3) is 22.2 Å². The van der Waals surface area contributed by atoms with Gasteiger partial charge in [-0.25, -0.2) is 0 Å². The van der Waals surface area contributed by atoms with Gasteiger partial charge in [-0.1, -0.05) is 12.1 Å². The Morgan fingerprint density at radius 3 is 2.60 bits per heavy atom. The van der Waals surface area contributed by atoms with E-state index in [9.17, 15) is 9.90 Å². The lowest BCUT2D eigenvalue weighted by molar-refractivity contribution is 0.0867. The van der Waals surface area contributed by atoms with Crippen LogP contribution in [0.15, 0.2) is 48.8 Å². The fourth-order valence-electron chi connectivity index (χ4n) is 3.48. The molecule has 2 aromatic heterocycles. The van der Waals surface area contributed by atoms with Gasteiger partial charge >= 0.3 is 0 Å². The monoisotopic (exact) mass is 335 g/mol. The Kier molecular flexibility index (Phi) is 4.24. The number of aromatic nitrogens is 2. The summed E-state index contributed by atoms with van der Waals surface area (Å²) in [5.74, 6) is -0.0549. The molecular formula is C20H21N3O2. The number of nitrogens with zero attached hydrogens (tertiary/aromatic N) is 1. The van der Waals surface area contributed by atoms with Gasteiger partial charge in [0, 0.05) is 40.5 Å². The van der Waals surface area contributed by atoms with Crippen LogP contribution in [0.1, 0.15) is 36.0 Å². The zero-order chi connectivity index (χ0) is 17.2. The van der Waals surface area contributed by atoms with Crippen molar-refractivity contribution in [2.45, 2.75) is 37.8 Å². The summed E-state index contributed by atoms with van der Waals surface area (Å²) in [6.45, 7) is 0. The maximum Gasteiger partial charge on any atom is 0.251 e. The highest BCUT2D eigenvalue weighted by atomic mass is 16.3.